The van der Waals surface area contributed by atoms with E-state index in [0.29, 0.717) is 4.88 Å². The van der Waals surface area contributed by atoms with E-state index >= 15 is 0 Å². The van der Waals surface area contributed by atoms with E-state index in [1.807, 2.05) is 0 Å². The molecule has 0 atom stereocenters. The second kappa shape index (κ2) is 9.27. The molecule has 3 amide bonds. The lowest BCUT2D eigenvalue weighted by molar-refractivity contribution is -0.137. The van der Waals surface area contributed by atoms with Crippen molar-refractivity contribution < 1.29 is 27.6 Å². The van der Waals surface area contributed by atoms with Crippen LogP contribution in [0.5, 0.6) is 0 Å². The highest BCUT2D eigenvalue weighted by atomic mass is 35.5. The average Bonchev–Trinajstić information content (AvgIpc) is 3.08. The largest absolute Gasteiger partial charge is 0.417 e. The molecular formula is C18H17ClF3N3O3S. The smallest absolute Gasteiger partial charge is 0.351 e. The van der Waals surface area contributed by atoms with E-state index in [-0.39, 0.29) is 24.7 Å². The number of carbonyl (C=O) groups is 3. The zero-order valence-corrected chi connectivity index (χ0v) is 17.0. The summed E-state index contributed by atoms with van der Waals surface area (Å²) in [4.78, 5) is 37.8. The van der Waals surface area contributed by atoms with E-state index in [0.717, 1.165) is 21.9 Å². The summed E-state index contributed by atoms with van der Waals surface area (Å²) in [5.41, 5.74) is -1.15. The van der Waals surface area contributed by atoms with Crippen molar-refractivity contribution in [1.82, 2.24) is 10.2 Å². The van der Waals surface area contributed by atoms with Gasteiger partial charge in [-0.25, -0.2) is 0 Å². The van der Waals surface area contributed by atoms with E-state index in [4.69, 9.17) is 11.6 Å². The molecule has 0 unspecified atom stereocenters. The molecule has 156 valence electrons. The molecular weight excluding hydrogens is 431 g/mol. The average molecular weight is 448 g/mol. The van der Waals surface area contributed by atoms with Crippen LogP contribution in [0.3, 0.4) is 0 Å². The number of anilines is 1. The maximum absolute atomic E-state index is 12.9. The number of alkyl halides is 3. The Morgan fingerprint density at radius 2 is 1.86 bits per heavy atom. The lowest BCUT2D eigenvalue weighted by atomic mass is 10.2. The molecule has 0 radical (unpaired) electrons. The van der Waals surface area contributed by atoms with Crippen molar-refractivity contribution in [2.45, 2.75) is 19.6 Å². The van der Waals surface area contributed by atoms with Gasteiger partial charge in [-0.1, -0.05) is 11.6 Å². The van der Waals surface area contributed by atoms with Gasteiger partial charge in [-0.15, -0.1) is 11.3 Å². The minimum Gasteiger partial charge on any atom is -0.351 e. The third-order valence-corrected chi connectivity index (χ3v) is 5.07. The van der Waals surface area contributed by atoms with Crippen LogP contribution in [0.25, 0.3) is 0 Å². The molecule has 0 bridgehead atoms. The Bertz CT molecular complexity index is 931. The summed E-state index contributed by atoms with van der Waals surface area (Å²) in [7, 11) is 1.40. The van der Waals surface area contributed by atoms with Crippen LogP contribution >= 0.6 is 22.9 Å². The van der Waals surface area contributed by atoms with Crippen LogP contribution in [0.1, 0.15) is 27.0 Å². The number of hydrogen-bond donors (Lipinski definition) is 2. The number of halogens is 4. The third-order valence-electron chi connectivity index (χ3n) is 3.67. The van der Waals surface area contributed by atoms with Crippen molar-refractivity contribution in [2.24, 2.45) is 0 Å². The molecule has 1 aromatic heterocycles. The molecule has 2 rings (SSSR count). The van der Waals surface area contributed by atoms with Crippen molar-refractivity contribution in [1.29, 1.82) is 0 Å². The van der Waals surface area contributed by atoms with Gasteiger partial charge in [-0.05, 0) is 30.3 Å². The highest BCUT2D eigenvalue weighted by Crippen LogP contribution is 2.36. The summed E-state index contributed by atoms with van der Waals surface area (Å²) in [5, 5.41) is 4.46. The number of carbonyl (C=O) groups excluding carboxylic acids is 3. The molecule has 11 heteroatoms. The van der Waals surface area contributed by atoms with E-state index in [1.165, 1.54) is 31.4 Å². The maximum Gasteiger partial charge on any atom is 0.417 e. The first-order valence-corrected chi connectivity index (χ1v) is 9.42. The summed E-state index contributed by atoms with van der Waals surface area (Å²) in [6, 6.07) is 6.28. The van der Waals surface area contributed by atoms with Crippen LogP contribution in [0.4, 0.5) is 18.9 Å². The fraction of sp³-hybridized carbons (Fsp3) is 0.278. The van der Waals surface area contributed by atoms with Crippen molar-refractivity contribution in [3.05, 3.63) is 50.7 Å². The summed E-state index contributed by atoms with van der Waals surface area (Å²) in [5.74, 6) is -1.28. The van der Waals surface area contributed by atoms with Crippen LogP contribution in [0, 0.1) is 0 Å². The first-order valence-electron chi connectivity index (χ1n) is 8.22. The van der Waals surface area contributed by atoms with Gasteiger partial charge >= 0.3 is 6.18 Å². The topological polar surface area (TPSA) is 78.5 Å². The number of rotatable bonds is 6. The lowest BCUT2D eigenvalue weighted by Gasteiger charge is -2.16. The Kier molecular flexibility index (Phi) is 7.26. The van der Waals surface area contributed by atoms with Crippen LogP contribution in [0.2, 0.25) is 5.02 Å². The van der Waals surface area contributed by atoms with Gasteiger partial charge in [0, 0.05) is 24.5 Å². The summed E-state index contributed by atoms with van der Waals surface area (Å²) in [6.07, 6.45) is -4.65. The third kappa shape index (κ3) is 6.47. The molecule has 0 saturated carbocycles. The van der Waals surface area contributed by atoms with Crippen molar-refractivity contribution in [3.8, 4) is 0 Å². The number of benzene rings is 1. The lowest BCUT2D eigenvalue weighted by Crippen LogP contribution is -2.34. The van der Waals surface area contributed by atoms with E-state index < -0.39 is 28.6 Å². The van der Waals surface area contributed by atoms with Crippen LogP contribution < -0.4 is 10.6 Å². The van der Waals surface area contributed by atoms with Crippen molar-refractivity contribution >= 4 is 46.3 Å². The number of likely N-dealkylation sites (N-methyl/N-ethyl adjacent to an activating group) is 1. The molecule has 1 heterocycles. The predicted molar refractivity (Wildman–Crippen MR) is 104 cm³/mol. The number of nitrogens with zero attached hydrogens (tertiary/aromatic N) is 1. The number of thiophene rings is 1. The van der Waals surface area contributed by atoms with E-state index in [1.54, 1.807) is 12.1 Å². The molecule has 0 saturated heterocycles. The molecule has 0 fully saturated rings. The summed E-state index contributed by atoms with van der Waals surface area (Å²) < 4.78 is 38.7. The molecule has 0 aliphatic heterocycles. The summed E-state index contributed by atoms with van der Waals surface area (Å²) >= 11 is 6.72. The van der Waals surface area contributed by atoms with Crippen LogP contribution in [-0.2, 0) is 22.3 Å². The van der Waals surface area contributed by atoms with E-state index in [2.05, 4.69) is 10.6 Å². The predicted octanol–water partition coefficient (Wildman–Crippen LogP) is 3.77. The van der Waals surface area contributed by atoms with Gasteiger partial charge in [0.1, 0.15) is 0 Å². The Morgan fingerprint density at radius 3 is 2.48 bits per heavy atom. The fourth-order valence-electron chi connectivity index (χ4n) is 2.30. The van der Waals surface area contributed by atoms with Gasteiger partial charge in [0.15, 0.2) is 0 Å². The molecule has 2 N–H and O–H groups in total. The monoisotopic (exact) mass is 447 g/mol. The second-order valence-corrected chi connectivity index (χ2v) is 7.65. The number of amides is 3. The summed E-state index contributed by atoms with van der Waals surface area (Å²) in [6.45, 7) is 1.31. The molecule has 0 spiro atoms. The minimum atomic E-state index is -4.65. The fourth-order valence-corrected chi connectivity index (χ4v) is 3.46. The van der Waals surface area contributed by atoms with Crippen LogP contribution in [-0.4, -0.2) is 36.2 Å². The first-order chi connectivity index (χ1) is 13.5. The Balaban J connectivity index is 1.98. The molecule has 6 nitrogen and oxygen atoms in total. The van der Waals surface area contributed by atoms with Gasteiger partial charge < -0.3 is 15.5 Å². The van der Waals surface area contributed by atoms with Gasteiger partial charge in [-0.2, -0.15) is 13.2 Å². The van der Waals surface area contributed by atoms with Crippen molar-refractivity contribution in [2.75, 3.05) is 18.9 Å². The molecule has 2 aromatic rings. The minimum absolute atomic E-state index is 0.0821. The second-order valence-electron chi connectivity index (χ2n) is 6.08. The SMILES string of the molecule is CC(=O)NCc1ccc(C(=O)N(C)CC(=O)Nc2ccc(Cl)c(C(F)(F)F)c2)s1. The molecule has 0 aliphatic carbocycles. The first kappa shape index (κ1) is 22.7. The maximum atomic E-state index is 12.9. The number of hydrogen-bond acceptors (Lipinski definition) is 4. The van der Waals surface area contributed by atoms with Gasteiger partial charge in [0.25, 0.3) is 5.91 Å². The quantitative estimate of drug-likeness (QED) is 0.707. The highest BCUT2D eigenvalue weighted by molar-refractivity contribution is 7.14. The van der Waals surface area contributed by atoms with E-state index in [9.17, 15) is 27.6 Å². The van der Waals surface area contributed by atoms with Gasteiger partial charge in [-0.3, -0.25) is 14.4 Å². The Morgan fingerprint density at radius 1 is 1.17 bits per heavy atom. The van der Waals surface area contributed by atoms with Gasteiger partial charge in [0.05, 0.1) is 28.6 Å². The zero-order chi connectivity index (χ0) is 21.8. The van der Waals surface area contributed by atoms with Crippen LogP contribution in [0.15, 0.2) is 30.3 Å². The number of nitrogens with one attached hydrogen (secondary N) is 2. The van der Waals surface area contributed by atoms with Gasteiger partial charge in [0.2, 0.25) is 11.8 Å². The zero-order valence-electron chi connectivity index (χ0n) is 15.4. The normalized spacial score (nSPS) is 11.1. The Labute approximate surface area is 173 Å². The Hall–Kier alpha value is -2.59. The standard InChI is InChI=1S/C18H17ClF3N3O3S/c1-10(26)23-8-12-4-6-15(29-12)17(28)25(2)9-16(27)24-11-3-5-14(19)13(7-11)18(20,21)22/h3-7H,8-9H2,1-2H3,(H,23,26)(H,24,27). The molecule has 0 aliphatic rings. The molecule has 29 heavy (non-hydrogen) atoms. The van der Waals surface area contributed by atoms with Crippen molar-refractivity contribution in [3.63, 3.8) is 0 Å². The molecule has 1 aromatic carbocycles. The highest BCUT2D eigenvalue weighted by Gasteiger charge is 2.33.